The van der Waals surface area contributed by atoms with Gasteiger partial charge in [0, 0.05) is 6.54 Å². The summed E-state index contributed by atoms with van der Waals surface area (Å²) in [6.45, 7) is 12.9. The Morgan fingerprint density at radius 2 is 1.00 bits per heavy atom. The lowest BCUT2D eigenvalue weighted by molar-refractivity contribution is 0.457. The molecule has 0 unspecified atom stereocenters. The first-order valence-electron chi connectivity index (χ1n) is 9.23. The highest BCUT2D eigenvalue weighted by atomic mass is 15.0. The van der Waals surface area contributed by atoms with E-state index in [1.807, 2.05) is 41.5 Å². The van der Waals surface area contributed by atoms with Gasteiger partial charge in [0.2, 0.25) is 0 Å². The molecule has 2 aromatic rings. The minimum atomic E-state index is 0.944. The van der Waals surface area contributed by atoms with Crippen LogP contribution < -0.4 is 0 Å². The minimum absolute atomic E-state index is 0.944. The van der Waals surface area contributed by atoms with Crippen LogP contribution >= 0.6 is 0 Å². The van der Waals surface area contributed by atoms with Crippen molar-refractivity contribution in [3.05, 3.63) is 77.9 Å². The van der Waals surface area contributed by atoms with Crippen molar-refractivity contribution >= 4 is 5.57 Å². The van der Waals surface area contributed by atoms with E-state index in [1.54, 1.807) is 0 Å². The van der Waals surface area contributed by atoms with Gasteiger partial charge in [0.25, 0.3) is 0 Å². The van der Waals surface area contributed by atoms with Crippen molar-refractivity contribution in [2.24, 2.45) is 0 Å². The average molecular weight is 328 g/mol. The summed E-state index contributed by atoms with van der Waals surface area (Å²) < 4.78 is 0. The summed E-state index contributed by atoms with van der Waals surface area (Å²) >= 11 is 0. The third-order valence-corrected chi connectivity index (χ3v) is 2.83. The summed E-state index contributed by atoms with van der Waals surface area (Å²) in [6, 6.07) is 21.1. The SMILES string of the molecule is CC.CC.CC.CN(C)CC=C(c1ccccc1)c1ccccc1. The molecular weight excluding hydrogens is 290 g/mol. The maximum absolute atomic E-state index is 2.28. The summed E-state index contributed by atoms with van der Waals surface area (Å²) in [5, 5.41) is 0. The van der Waals surface area contributed by atoms with Gasteiger partial charge in [-0.05, 0) is 30.8 Å². The second-order valence-corrected chi connectivity index (χ2v) is 4.61. The molecule has 2 aromatic carbocycles. The topological polar surface area (TPSA) is 3.24 Å². The average Bonchev–Trinajstić information content (AvgIpc) is 2.68. The second-order valence-electron chi connectivity index (χ2n) is 4.61. The Labute approximate surface area is 151 Å². The predicted octanol–water partition coefficient (Wildman–Crippen LogP) is 6.76. The molecule has 0 aliphatic carbocycles. The number of likely N-dealkylation sites (N-methyl/N-ethyl adjacent to an activating group) is 1. The van der Waals surface area contributed by atoms with Gasteiger partial charge >= 0.3 is 0 Å². The summed E-state index contributed by atoms with van der Waals surface area (Å²) in [4.78, 5) is 2.17. The Morgan fingerprint density at radius 1 is 0.667 bits per heavy atom. The van der Waals surface area contributed by atoms with Crippen LogP contribution in [0.5, 0.6) is 0 Å². The summed E-state index contributed by atoms with van der Waals surface area (Å²) in [6.07, 6.45) is 2.28. The van der Waals surface area contributed by atoms with Crippen LogP contribution in [0.3, 0.4) is 0 Å². The molecule has 0 fully saturated rings. The van der Waals surface area contributed by atoms with Crippen LogP contribution in [0.4, 0.5) is 0 Å². The smallest absolute Gasteiger partial charge is 0.0166 e. The van der Waals surface area contributed by atoms with E-state index in [2.05, 4.69) is 85.7 Å². The van der Waals surface area contributed by atoms with Crippen LogP contribution in [-0.4, -0.2) is 25.5 Å². The Bertz CT molecular complexity index is 457. The molecule has 24 heavy (non-hydrogen) atoms. The Kier molecular flexibility index (Phi) is 17.8. The van der Waals surface area contributed by atoms with Gasteiger partial charge in [-0.1, -0.05) is 108 Å². The molecule has 0 aliphatic rings. The van der Waals surface area contributed by atoms with Gasteiger partial charge in [0.05, 0.1) is 0 Å². The molecule has 0 saturated heterocycles. The molecule has 2 rings (SSSR count). The van der Waals surface area contributed by atoms with Crippen molar-refractivity contribution in [2.75, 3.05) is 20.6 Å². The zero-order valence-corrected chi connectivity index (χ0v) is 17.0. The Morgan fingerprint density at radius 3 is 1.29 bits per heavy atom. The van der Waals surface area contributed by atoms with Crippen LogP contribution in [-0.2, 0) is 0 Å². The molecule has 0 N–H and O–H groups in total. The second kappa shape index (κ2) is 17.5. The largest absolute Gasteiger partial charge is 0.306 e. The molecule has 1 nitrogen and oxygen atoms in total. The van der Waals surface area contributed by atoms with Gasteiger partial charge in [0.1, 0.15) is 0 Å². The van der Waals surface area contributed by atoms with Crippen molar-refractivity contribution < 1.29 is 0 Å². The number of rotatable bonds is 4. The van der Waals surface area contributed by atoms with E-state index >= 15 is 0 Å². The van der Waals surface area contributed by atoms with E-state index in [-0.39, 0.29) is 0 Å². The van der Waals surface area contributed by atoms with E-state index in [0.717, 1.165) is 6.54 Å². The predicted molar refractivity (Wildman–Crippen MR) is 113 cm³/mol. The first-order chi connectivity index (χ1) is 11.8. The van der Waals surface area contributed by atoms with Gasteiger partial charge in [0.15, 0.2) is 0 Å². The molecule has 0 spiro atoms. The summed E-state index contributed by atoms with van der Waals surface area (Å²) in [5.41, 5.74) is 3.83. The molecule has 0 aromatic heterocycles. The van der Waals surface area contributed by atoms with Crippen LogP contribution in [0, 0.1) is 0 Å². The van der Waals surface area contributed by atoms with Gasteiger partial charge in [-0.15, -0.1) is 0 Å². The summed E-state index contributed by atoms with van der Waals surface area (Å²) in [5.74, 6) is 0. The zero-order valence-electron chi connectivity index (χ0n) is 17.0. The van der Waals surface area contributed by atoms with Crippen molar-refractivity contribution in [1.82, 2.24) is 4.90 Å². The highest BCUT2D eigenvalue weighted by Crippen LogP contribution is 2.22. The van der Waals surface area contributed by atoms with Gasteiger partial charge < -0.3 is 4.90 Å². The van der Waals surface area contributed by atoms with Crippen LogP contribution in [0.15, 0.2) is 66.7 Å². The van der Waals surface area contributed by atoms with Gasteiger partial charge in [-0.2, -0.15) is 0 Å². The number of nitrogens with zero attached hydrogens (tertiary/aromatic N) is 1. The minimum Gasteiger partial charge on any atom is -0.306 e. The zero-order chi connectivity index (χ0) is 18.8. The van der Waals surface area contributed by atoms with Crippen molar-refractivity contribution in [3.8, 4) is 0 Å². The third kappa shape index (κ3) is 10.0. The first kappa shape index (κ1) is 24.4. The van der Waals surface area contributed by atoms with E-state index in [9.17, 15) is 0 Å². The van der Waals surface area contributed by atoms with Crippen LogP contribution in [0.25, 0.3) is 5.57 Å². The standard InChI is InChI=1S/C17H19N.3C2H6/c1-18(2)14-13-17(15-9-5-3-6-10-15)16-11-7-4-8-12-16;3*1-2/h3-13H,14H2,1-2H3;3*1-2H3. The molecule has 0 radical (unpaired) electrons. The van der Waals surface area contributed by atoms with E-state index in [4.69, 9.17) is 0 Å². The third-order valence-electron chi connectivity index (χ3n) is 2.83. The molecule has 134 valence electrons. The highest BCUT2D eigenvalue weighted by molar-refractivity contribution is 5.79. The Hall–Kier alpha value is -1.86. The number of hydrogen-bond donors (Lipinski definition) is 0. The Balaban J connectivity index is 0. The highest BCUT2D eigenvalue weighted by Gasteiger charge is 2.03. The van der Waals surface area contributed by atoms with E-state index in [0.29, 0.717) is 0 Å². The van der Waals surface area contributed by atoms with Gasteiger partial charge in [-0.3, -0.25) is 0 Å². The molecule has 0 heterocycles. The summed E-state index contributed by atoms with van der Waals surface area (Å²) in [7, 11) is 4.17. The molecule has 0 atom stereocenters. The maximum atomic E-state index is 2.28. The fourth-order valence-corrected chi connectivity index (χ4v) is 1.91. The molecule has 0 bridgehead atoms. The lowest BCUT2D eigenvalue weighted by atomic mass is 9.97. The monoisotopic (exact) mass is 327 g/mol. The molecule has 0 saturated carbocycles. The van der Waals surface area contributed by atoms with Gasteiger partial charge in [-0.25, -0.2) is 0 Å². The number of benzene rings is 2. The van der Waals surface area contributed by atoms with Crippen molar-refractivity contribution in [2.45, 2.75) is 41.5 Å². The maximum Gasteiger partial charge on any atom is 0.0166 e. The molecular formula is C23H37N. The number of hydrogen-bond acceptors (Lipinski definition) is 1. The molecule has 0 amide bonds. The van der Waals surface area contributed by atoms with E-state index in [1.165, 1.54) is 16.7 Å². The quantitative estimate of drug-likeness (QED) is 0.599. The lowest BCUT2D eigenvalue weighted by Crippen LogP contribution is -2.11. The molecule has 0 aliphatic heterocycles. The van der Waals surface area contributed by atoms with E-state index < -0.39 is 0 Å². The first-order valence-corrected chi connectivity index (χ1v) is 9.23. The van der Waals surface area contributed by atoms with Crippen LogP contribution in [0.1, 0.15) is 52.7 Å². The lowest BCUT2D eigenvalue weighted by Gasteiger charge is -2.11. The molecule has 1 heteroatoms. The van der Waals surface area contributed by atoms with Crippen molar-refractivity contribution in [3.63, 3.8) is 0 Å². The normalized spacial score (nSPS) is 8.54. The fraction of sp³-hybridized carbons (Fsp3) is 0.391. The fourth-order valence-electron chi connectivity index (χ4n) is 1.91. The van der Waals surface area contributed by atoms with Crippen molar-refractivity contribution in [1.29, 1.82) is 0 Å². The van der Waals surface area contributed by atoms with Crippen LogP contribution in [0.2, 0.25) is 0 Å².